The van der Waals surface area contributed by atoms with Gasteiger partial charge in [0.1, 0.15) is 0 Å². The van der Waals surface area contributed by atoms with Crippen LogP contribution in [0.2, 0.25) is 0 Å². The van der Waals surface area contributed by atoms with Crippen molar-refractivity contribution in [2.75, 3.05) is 19.0 Å². The molecule has 0 N–H and O–H groups in total. The van der Waals surface area contributed by atoms with Gasteiger partial charge in [0.2, 0.25) is 0 Å². The van der Waals surface area contributed by atoms with E-state index in [2.05, 4.69) is 20.7 Å². The zero-order valence-electron chi connectivity index (χ0n) is 7.00. The molecule has 0 saturated carbocycles. The Kier molecular flexibility index (Phi) is 3.09. The number of ether oxygens (including phenoxy) is 3. The SMILES string of the molecule is COC(=O)C1(C)COC(CBr)O1. The van der Waals surface area contributed by atoms with Crippen molar-refractivity contribution in [3.8, 4) is 0 Å². The first kappa shape index (κ1) is 9.95. The average molecular weight is 239 g/mol. The maximum atomic E-state index is 11.2. The van der Waals surface area contributed by atoms with Crippen LogP contribution in [0.4, 0.5) is 0 Å². The standard InChI is InChI=1S/C7H11BrO4/c1-7(6(9)10-2)4-11-5(3-8)12-7/h5H,3-4H2,1-2H3. The van der Waals surface area contributed by atoms with Gasteiger partial charge in [-0.2, -0.15) is 0 Å². The van der Waals surface area contributed by atoms with Crippen LogP contribution in [0.5, 0.6) is 0 Å². The second-order valence-corrected chi connectivity index (χ2v) is 3.38. The second kappa shape index (κ2) is 3.72. The summed E-state index contributed by atoms with van der Waals surface area (Å²) in [5.41, 5.74) is -0.937. The molecule has 1 aliphatic rings. The van der Waals surface area contributed by atoms with Crippen molar-refractivity contribution < 1.29 is 19.0 Å². The topological polar surface area (TPSA) is 44.8 Å². The lowest BCUT2D eigenvalue weighted by Crippen LogP contribution is -2.39. The second-order valence-electron chi connectivity index (χ2n) is 2.74. The Hall–Kier alpha value is -0.130. The van der Waals surface area contributed by atoms with Crippen LogP contribution >= 0.6 is 15.9 Å². The molecule has 0 amide bonds. The molecule has 0 aromatic heterocycles. The molecule has 0 bridgehead atoms. The van der Waals surface area contributed by atoms with Gasteiger partial charge in [-0.3, -0.25) is 0 Å². The molecule has 4 nitrogen and oxygen atoms in total. The smallest absolute Gasteiger partial charge is 0.340 e. The number of halogens is 1. The summed E-state index contributed by atoms with van der Waals surface area (Å²) in [6.45, 7) is 1.90. The quantitative estimate of drug-likeness (QED) is 0.525. The first-order chi connectivity index (χ1) is 5.62. The van der Waals surface area contributed by atoms with Crippen LogP contribution in [0, 0.1) is 0 Å². The van der Waals surface area contributed by atoms with Crippen LogP contribution in [0.3, 0.4) is 0 Å². The third-order valence-corrected chi connectivity index (χ3v) is 2.21. The zero-order chi connectivity index (χ0) is 9.19. The summed E-state index contributed by atoms with van der Waals surface area (Å²) in [6.07, 6.45) is -0.353. The summed E-state index contributed by atoms with van der Waals surface area (Å²) in [5, 5.41) is 0.555. The van der Waals surface area contributed by atoms with Gasteiger partial charge in [-0.1, -0.05) is 15.9 Å². The summed E-state index contributed by atoms with van der Waals surface area (Å²) < 4.78 is 15.0. The van der Waals surface area contributed by atoms with Crippen molar-refractivity contribution in [2.45, 2.75) is 18.8 Å². The number of carbonyl (C=O) groups excluding carboxylic acids is 1. The van der Waals surface area contributed by atoms with Gasteiger partial charge < -0.3 is 14.2 Å². The Morgan fingerprint density at radius 2 is 2.50 bits per heavy atom. The number of hydrogen-bond acceptors (Lipinski definition) is 4. The maximum absolute atomic E-state index is 11.2. The van der Waals surface area contributed by atoms with Crippen LogP contribution < -0.4 is 0 Å². The van der Waals surface area contributed by atoms with E-state index >= 15 is 0 Å². The molecule has 1 heterocycles. The van der Waals surface area contributed by atoms with E-state index in [1.807, 2.05) is 0 Å². The van der Waals surface area contributed by atoms with Gasteiger partial charge in [-0.25, -0.2) is 4.79 Å². The van der Waals surface area contributed by atoms with Gasteiger partial charge in [0.15, 0.2) is 11.9 Å². The van der Waals surface area contributed by atoms with Crippen LogP contribution in [-0.4, -0.2) is 36.9 Å². The number of alkyl halides is 1. The van der Waals surface area contributed by atoms with Gasteiger partial charge in [0.05, 0.1) is 19.0 Å². The van der Waals surface area contributed by atoms with E-state index in [9.17, 15) is 4.79 Å². The molecule has 0 radical (unpaired) electrons. The fourth-order valence-electron chi connectivity index (χ4n) is 1.01. The van der Waals surface area contributed by atoms with Crippen LogP contribution in [0.15, 0.2) is 0 Å². The van der Waals surface area contributed by atoms with Crippen molar-refractivity contribution >= 4 is 21.9 Å². The number of carbonyl (C=O) groups is 1. The van der Waals surface area contributed by atoms with E-state index in [0.717, 1.165) is 0 Å². The minimum atomic E-state index is -0.937. The highest BCUT2D eigenvalue weighted by Crippen LogP contribution is 2.24. The van der Waals surface area contributed by atoms with Crippen LogP contribution in [0.1, 0.15) is 6.92 Å². The fourth-order valence-corrected chi connectivity index (χ4v) is 1.33. The molecule has 12 heavy (non-hydrogen) atoms. The number of hydrogen-bond donors (Lipinski definition) is 0. The predicted molar refractivity (Wildman–Crippen MR) is 45.0 cm³/mol. The first-order valence-corrected chi connectivity index (χ1v) is 4.68. The minimum absolute atomic E-state index is 0.246. The lowest BCUT2D eigenvalue weighted by molar-refractivity contribution is -0.164. The van der Waals surface area contributed by atoms with Gasteiger partial charge in [-0.15, -0.1) is 0 Å². The van der Waals surface area contributed by atoms with E-state index in [-0.39, 0.29) is 12.9 Å². The number of rotatable bonds is 2. The van der Waals surface area contributed by atoms with E-state index in [1.165, 1.54) is 7.11 Å². The molecule has 0 aromatic rings. The molecule has 0 spiro atoms. The van der Waals surface area contributed by atoms with E-state index in [0.29, 0.717) is 5.33 Å². The van der Waals surface area contributed by atoms with Crippen LogP contribution in [-0.2, 0) is 19.0 Å². The molecule has 1 saturated heterocycles. The molecule has 1 fully saturated rings. The monoisotopic (exact) mass is 238 g/mol. The summed E-state index contributed by atoms with van der Waals surface area (Å²) in [7, 11) is 1.33. The van der Waals surface area contributed by atoms with Gasteiger partial charge in [0, 0.05) is 0 Å². The average Bonchev–Trinajstić information content (AvgIpc) is 2.47. The molecular formula is C7H11BrO4. The van der Waals surface area contributed by atoms with Crippen molar-refractivity contribution in [1.82, 2.24) is 0 Å². The van der Waals surface area contributed by atoms with Crippen molar-refractivity contribution in [1.29, 1.82) is 0 Å². The lowest BCUT2D eigenvalue weighted by Gasteiger charge is -2.18. The van der Waals surface area contributed by atoms with E-state index in [4.69, 9.17) is 9.47 Å². The molecule has 0 aromatic carbocycles. The number of esters is 1. The minimum Gasteiger partial charge on any atom is -0.467 e. The van der Waals surface area contributed by atoms with Crippen molar-refractivity contribution in [2.24, 2.45) is 0 Å². The largest absolute Gasteiger partial charge is 0.467 e. The molecule has 2 atom stereocenters. The van der Waals surface area contributed by atoms with Gasteiger partial charge >= 0.3 is 5.97 Å². The Morgan fingerprint density at radius 1 is 1.83 bits per heavy atom. The highest BCUT2D eigenvalue weighted by Gasteiger charge is 2.44. The molecule has 2 unspecified atom stereocenters. The third-order valence-electron chi connectivity index (χ3n) is 1.68. The Bertz CT molecular complexity index is 184. The maximum Gasteiger partial charge on any atom is 0.340 e. The van der Waals surface area contributed by atoms with Crippen molar-refractivity contribution in [3.05, 3.63) is 0 Å². The summed E-state index contributed by atoms with van der Waals surface area (Å²) >= 11 is 3.20. The lowest BCUT2D eigenvalue weighted by atomic mass is 10.1. The summed E-state index contributed by atoms with van der Waals surface area (Å²) in [6, 6.07) is 0. The molecule has 70 valence electrons. The Labute approximate surface area is 79.3 Å². The molecule has 1 aliphatic heterocycles. The third kappa shape index (κ3) is 1.78. The van der Waals surface area contributed by atoms with Crippen LogP contribution in [0.25, 0.3) is 0 Å². The summed E-state index contributed by atoms with van der Waals surface area (Å²) in [5.74, 6) is -0.397. The Morgan fingerprint density at radius 3 is 2.92 bits per heavy atom. The molecule has 1 rings (SSSR count). The first-order valence-electron chi connectivity index (χ1n) is 3.56. The normalized spacial score (nSPS) is 35.1. The van der Waals surface area contributed by atoms with E-state index in [1.54, 1.807) is 6.92 Å². The molecular weight excluding hydrogens is 228 g/mol. The Balaban J connectivity index is 2.57. The number of methoxy groups -OCH3 is 1. The molecule has 0 aliphatic carbocycles. The highest BCUT2D eigenvalue weighted by atomic mass is 79.9. The predicted octanol–water partition coefficient (Wildman–Crippen LogP) is 0.686. The fraction of sp³-hybridized carbons (Fsp3) is 0.857. The molecule has 5 heteroatoms. The van der Waals surface area contributed by atoms with E-state index < -0.39 is 11.6 Å². The highest BCUT2D eigenvalue weighted by molar-refractivity contribution is 9.09. The summed E-state index contributed by atoms with van der Waals surface area (Å²) in [4.78, 5) is 11.2. The zero-order valence-corrected chi connectivity index (χ0v) is 8.59. The van der Waals surface area contributed by atoms with Crippen molar-refractivity contribution in [3.63, 3.8) is 0 Å². The van der Waals surface area contributed by atoms with Gasteiger partial charge in [-0.05, 0) is 6.92 Å². The van der Waals surface area contributed by atoms with Gasteiger partial charge in [0.25, 0.3) is 0 Å².